The van der Waals surface area contributed by atoms with E-state index in [0.717, 1.165) is 22.2 Å². The molecule has 0 bridgehead atoms. The molecule has 4 nitrogen and oxygen atoms in total. The van der Waals surface area contributed by atoms with E-state index in [1.165, 1.54) is 19.5 Å². The number of hydrogen-bond acceptors (Lipinski definition) is 3. The third-order valence-electron chi connectivity index (χ3n) is 2.82. The lowest BCUT2D eigenvalue weighted by Gasteiger charge is -2.04. The molecule has 3 rings (SSSR count). The van der Waals surface area contributed by atoms with E-state index in [1.807, 2.05) is 6.20 Å². The third kappa shape index (κ3) is 1.60. The second kappa shape index (κ2) is 4.10. The quantitative estimate of drug-likeness (QED) is 0.753. The first-order chi connectivity index (χ1) is 8.79. The Labute approximate surface area is 102 Å². The van der Waals surface area contributed by atoms with Crippen molar-refractivity contribution in [2.24, 2.45) is 0 Å². The minimum absolute atomic E-state index is 0.221. The summed E-state index contributed by atoms with van der Waals surface area (Å²) in [7, 11) is 1.44. The van der Waals surface area contributed by atoms with Gasteiger partial charge in [-0.1, -0.05) is 6.07 Å². The highest BCUT2D eigenvalue weighted by Crippen LogP contribution is 2.30. The molecule has 0 radical (unpaired) electrons. The standard InChI is InChI=1S/C13H10FN3O/c1-18-12-4-8(2-3-11(12)14)9-6-16-13-10(9)5-15-7-17-13/h2-7H,1H3,(H,15,16,17). The lowest BCUT2D eigenvalue weighted by Crippen LogP contribution is -1.88. The summed E-state index contributed by atoms with van der Waals surface area (Å²) in [6.45, 7) is 0. The average Bonchev–Trinajstić information content (AvgIpc) is 2.83. The Morgan fingerprint density at radius 2 is 2.22 bits per heavy atom. The minimum atomic E-state index is -0.377. The van der Waals surface area contributed by atoms with Crippen LogP contribution in [-0.4, -0.2) is 22.1 Å². The molecule has 0 amide bonds. The van der Waals surface area contributed by atoms with Gasteiger partial charge < -0.3 is 9.72 Å². The Hall–Kier alpha value is -2.43. The van der Waals surface area contributed by atoms with Gasteiger partial charge in [-0.2, -0.15) is 0 Å². The SMILES string of the molecule is COc1cc(-c2c[nH]c3ncncc23)ccc1F. The molecule has 2 heterocycles. The van der Waals surface area contributed by atoms with E-state index in [0.29, 0.717) is 0 Å². The Morgan fingerprint density at radius 3 is 3.06 bits per heavy atom. The fourth-order valence-corrected chi connectivity index (χ4v) is 1.93. The van der Waals surface area contributed by atoms with Crippen molar-refractivity contribution >= 4 is 11.0 Å². The van der Waals surface area contributed by atoms with Crippen LogP contribution in [0.4, 0.5) is 4.39 Å². The van der Waals surface area contributed by atoms with Crippen LogP contribution in [0.5, 0.6) is 5.75 Å². The number of rotatable bonds is 2. The van der Waals surface area contributed by atoms with Crippen LogP contribution in [0.25, 0.3) is 22.2 Å². The molecule has 0 spiro atoms. The van der Waals surface area contributed by atoms with Gasteiger partial charge in [-0.25, -0.2) is 14.4 Å². The number of benzene rings is 1. The first-order valence-corrected chi connectivity index (χ1v) is 5.40. The van der Waals surface area contributed by atoms with Crippen molar-refractivity contribution in [1.82, 2.24) is 15.0 Å². The third-order valence-corrected chi connectivity index (χ3v) is 2.82. The van der Waals surface area contributed by atoms with E-state index < -0.39 is 0 Å². The topological polar surface area (TPSA) is 50.8 Å². The molecule has 5 heteroatoms. The number of hydrogen-bond donors (Lipinski definition) is 1. The van der Waals surface area contributed by atoms with Crippen LogP contribution in [0.2, 0.25) is 0 Å². The van der Waals surface area contributed by atoms with Crippen molar-refractivity contribution < 1.29 is 9.13 Å². The van der Waals surface area contributed by atoms with Crippen molar-refractivity contribution in [1.29, 1.82) is 0 Å². The monoisotopic (exact) mass is 243 g/mol. The second-order valence-electron chi connectivity index (χ2n) is 3.84. The Balaban J connectivity index is 2.20. The molecule has 0 unspecified atom stereocenters. The van der Waals surface area contributed by atoms with E-state index in [1.54, 1.807) is 18.3 Å². The molecule has 0 aliphatic rings. The molecular formula is C13H10FN3O. The number of ether oxygens (including phenoxy) is 1. The number of halogens is 1. The Morgan fingerprint density at radius 1 is 1.33 bits per heavy atom. The van der Waals surface area contributed by atoms with Crippen LogP contribution in [0, 0.1) is 5.82 Å². The van der Waals surface area contributed by atoms with E-state index in [4.69, 9.17) is 4.74 Å². The molecule has 0 aliphatic carbocycles. The number of methoxy groups -OCH3 is 1. The lowest BCUT2D eigenvalue weighted by atomic mass is 10.1. The second-order valence-corrected chi connectivity index (χ2v) is 3.84. The maximum atomic E-state index is 13.4. The molecule has 1 N–H and O–H groups in total. The van der Waals surface area contributed by atoms with Gasteiger partial charge in [-0.05, 0) is 17.7 Å². The Bertz CT molecular complexity index is 708. The predicted octanol–water partition coefficient (Wildman–Crippen LogP) is 2.77. The molecule has 1 aromatic carbocycles. The average molecular weight is 243 g/mol. The maximum Gasteiger partial charge on any atom is 0.165 e. The molecule has 0 atom stereocenters. The number of aromatic amines is 1. The van der Waals surface area contributed by atoms with Crippen molar-refractivity contribution in [3.63, 3.8) is 0 Å². The fraction of sp³-hybridized carbons (Fsp3) is 0.0769. The number of H-pyrrole nitrogens is 1. The highest BCUT2D eigenvalue weighted by molar-refractivity contribution is 5.93. The number of fused-ring (bicyclic) bond motifs is 1. The molecule has 3 aromatic rings. The van der Waals surface area contributed by atoms with E-state index in [2.05, 4.69) is 15.0 Å². The van der Waals surface area contributed by atoms with Crippen LogP contribution in [0.15, 0.2) is 36.9 Å². The molecule has 0 fully saturated rings. The van der Waals surface area contributed by atoms with Crippen LogP contribution in [-0.2, 0) is 0 Å². The molecule has 0 saturated heterocycles. The van der Waals surface area contributed by atoms with Crippen LogP contribution >= 0.6 is 0 Å². The van der Waals surface area contributed by atoms with Crippen LogP contribution in [0.3, 0.4) is 0 Å². The van der Waals surface area contributed by atoms with Gasteiger partial charge in [-0.15, -0.1) is 0 Å². The van der Waals surface area contributed by atoms with Gasteiger partial charge in [0.2, 0.25) is 0 Å². The van der Waals surface area contributed by atoms with Crippen LogP contribution in [0.1, 0.15) is 0 Å². The smallest absolute Gasteiger partial charge is 0.165 e. The largest absolute Gasteiger partial charge is 0.494 e. The van der Waals surface area contributed by atoms with Crippen molar-refractivity contribution in [2.75, 3.05) is 7.11 Å². The lowest BCUT2D eigenvalue weighted by molar-refractivity contribution is 0.387. The van der Waals surface area contributed by atoms with E-state index in [-0.39, 0.29) is 11.6 Å². The first kappa shape index (κ1) is 10.7. The molecule has 0 aliphatic heterocycles. The highest BCUT2D eigenvalue weighted by Gasteiger charge is 2.10. The van der Waals surface area contributed by atoms with E-state index >= 15 is 0 Å². The summed E-state index contributed by atoms with van der Waals surface area (Å²) in [5.41, 5.74) is 2.53. The number of aromatic nitrogens is 3. The van der Waals surface area contributed by atoms with Gasteiger partial charge in [-0.3, -0.25) is 0 Å². The van der Waals surface area contributed by atoms with Crippen molar-refractivity contribution in [3.05, 3.63) is 42.7 Å². The summed E-state index contributed by atoms with van der Waals surface area (Å²) in [6.07, 6.45) is 5.03. The summed E-state index contributed by atoms with van der Waals surface area (Å²) in [5.74, 6) is -0.156. The van der Waals surface area contributed by atoms with Gasteiger partial charge in [0, 0.05) is 23.3 Å². The van der Waals surface area contributed by atoms with Crippen molar-refractivity contribution in [2.45, 2.75) is 0 Å². The fourth-order valence-electron chi connectivity index (χ4n) is 1.93. The molecule has 2 aromatic heterocycles. The van der Waals surface area contributed by atoms with Crippen molar-refractivity contribution in [3.8, 4) is 16.9 Å². The van der Waals surface area contributed by atoms with Gasteiger partial charge in [0.1, 0.15) is 12.0 Å². The van der Waals surface area contributed by atoms with Gasteiger partial charge >= 0.3 is 0 Å². The summed E-state index contributed by atoms with van der Waals surface area (Å²) in [6, 6.07) is 4.75. The molecule has 90 valence electrons. The zero-order valence-corrected chi connectivity index (χ0v) is 9.64. The minimum Gasteiger partial charge on any atom is -0.494 e. The normalized spacial score (nSPS) is 10.8. The number of nitrogens with one attached hydrogen (secondary N) is 1. The Kier molecular flexibility index (Phi) is 2.44. The zero-order chi connectivity index (χ0) is 12.5. The molecule has 0 saturated carbocycles. The zero-order valence-electron chi connectivity index (χ0n) is 9.64. The van der Waals surface area contributed by atoms with Gasteiger partial charge in [0.15, 0.2) is 11.6 Å². The van der Waals surface area contributed by atoms with Crippen LogP contribution < -0.4 is 4.74 Å². The highest BCUT2D eigenvalue weighted by atomic mass is 19.1. The summed E-state index contributed by atoms with van der Waals surface area (Å²) in [5, 5.41) is 0.895. The summed E-state index contributed by atoms with van der Waals surface area (Å²) >= 11 is 0. The predicted molar refractivity (Wildman–Crippen MR) is 65.8 cm³/mol. The first-order valence-electron chi connectivity index (χ1n) is 5.40. The molecule has 18 heavy (non-hydrogen) atoms. The van der Waals surface area contributed by atoms with Gasteiger partial charge in [0.25, 0.3) is 0 Å². The maximum absolute atomic E-state index is 13.4. The molecular weight excluding hydrogens is 233 g/mol. The van der Waals surface area contributed by atoms with E-state index in [9.17, 15) is 4.39 Å². The number of nitrogens with zero attached hydrogens (tertiary/aromatic N) is 2. The van der Waals surface area contributed by atoms with Gasteiger partial charge in [0.05, 0.1) is 7.11 Å². The summed E-state index contributed by atoms with van der Waals surface area (Å²) in [4.78, 5) is 11.2. The summed E-state index contributed by atoms with van der Waals surface area (Å²) < 4.78 is 18.3.